The summed E-state index contributed by atoms with van der Waals surface area (Å²) in [6.45, 7) is -0.499. The topological polar surface area (TPSA) is 49.8 Å². The first-order valence-electron chi connectivity index (χ1n) is 5.56. The number of hydrogen-bond acceptors (Lipinski definition) is 3. The fraction of sp³-hybridized carbons (Fsp3) is 0.417. The fourth-order valence-corrected chi connectivity index (χ4v) is 1.53. The van der Waals surface area contributed by atoms with Crippen molar-refractivity contribution in [3.8, 4) is 11.5 Å². The van der Waals surface area contributed by atoms with Gasteiger partial charge in [0, 0.05) is 13.6 Å². The Morgan fingerprint density at radius 1 is 1.29 bits per heavy atom. The highest BCUT2D eigenvalue weighted by Crippen LogP contribution is 2.37. The van der Waals surface area contributed by atoms with Gasteiger partial charge in [-0.25, -0.2) is 0 Å². The third-order valence-electron chi connectivity index (χ3n) is 2.64. The van der Waals surface area contributed by atoms with Crippen molar-refractivity contribution < 1.29 is 36.6 Å². The summed E-state index contributed by atoms with van der Waals surface area (Å²) in [7, 11) is 2.06. The highest BCUT2D eigenvalue weighted by atomic mass is 19.4. The molecule has 21 heavy (non-hydrogen) atoms. The van der Waals surface area contributed by atoms with Gasteiger partial charge in [0.15, 0.2) is 11.5 Å². The molecule has 0 unspecified atom stereocenters. The van der Waals surface area contributed by atoms with E-state index in [0.717, 1.165) is 7.05 Å². The largest absolute Gasteiger partial charge is 0.504 e. The van der Waals surface area contributed by atoms with Crippen LogP contribution in [-0.2, 0) is 11.3 Å². The molecule has 118 valence electrons. The quantitative estimate of drug-likeness (QED) is 0.869. The predicted octanol–water partition coefficient (Wildman–Crippen LogP) is 2.56. The molecule has 0 radical (unpaired) electrons. The lowest BCUT2D eigenvalue weighted by atomic mass is 10.1. The number of carbonyl (C=O) groups excluding carboxylic acids is 1. The normalized spacial score (nSPS) is 12.1. The van der Waals surface area contributed by atoms with Crippen molar-refractivity contribution in [2.24, 2.45) is 0 Å². The number of carbonyl (C=O) groups is 1. The molecule has 0 atom stereocenters. The van der Waals surface area contributed by atoms with Crippen LogP contribution in [0.1, 0.15) is 5.56 Å². The summed E-state index contributed by atoms with van der Waals surface area (Å²) >= 11 is 0. The molecular weight excluding hydrogens is 301 g/mol. The highest BCUT2D eigenvalue weighted by molar-refractivity contribution is 5.84. The summed E-state index contributed by atoms with van der Waals surface area (Å²) in [4.78, 5) is 11.5. The number of methoxy groups -OCH3 is 1. The van der Waals surface area contributed by atoms with Crippen LogP contribution in [0.2, 0.25) is 0 Å². The van der Waals surface area contributed by atoms with Gasteiger partial charge in [0.1, 0.15) is 0 Å². The van der Waals surface area contributed by atoms with Crippen molar-refractivity contribution >= 4 is 5.91 Å². The lowest BCUT2D eigenvalue weighted by Crippen LogP contribution is -2.50. The van der Waals surface area contributed by atoms with Crippen molar-refractivity contribution in [1.29, 1.82) is 0 Å². The lowest BCUT2D eigenvalue weighted by molar-refractivity contribution is -0.274. The van der Waals surface area contributed by atoms with Gasteiger partial charge in [-0.1, -0.05) is 6.07 Å². The average molecular weight is 313 g/mol. The smallest absolute Gasteiger partial charge is 0.463 e. The summed E-state index contributed by atoms with van der Waals surface area (Å²) in [5.74, 6) is -8.03. The van der Waals surface area contributed by atoms with Gasteiger partial charge in [-0.2, -0.15) is 22.0 Å². The Kier molecular flexibility index (Phi) is 4.65. The van der Waals surface area contributed by atoms with E-state index in [9.17, 15) is 31.9 Å². The van der Waals surface area contributed by atoms with Gasteiger partial charge < -0.3 is 14.7 Å². The van der Waals surface area contributed by atoms with Crippen molar-refractivity contribution in [2.75, 3.05) is 14.2 Å². The second-order valence-corrected chi connectivity index (χ2v) is 4.24. The zero-order valence-electron chi connectivity index (χ0n) is 11.0. The van der Waals surface area contributed by atoms with E-state index < -0.39 is 24.6 Å². The highest BCUT2D eigenvalue weighted by Gasteiger charge is 2.64. The van der Waals surface area contributed by atoms with E-state index in [0.29, 0.717) is 0 Å². The van der Waals surface area contributed by atoms with Crippen LogP contribution in [0.5, 0.6) is 11.5 Å². The molecule has 4 nitrogen and oxygen atoms in total. The van der Waals surface area contributed by atoms with E-state index in [1.807, 2.05) is 0 Å². The van der Waals surface area contributed by atoms with Crippen LogP contribution in [0.3, 0.4) is 0 Å². The summed E-state index contributed by atoms with van der Waals surface area (Å²) in [6.07, 6.45) is -5.95. The average Bonchev–Trinajstić information content (AvgIpc) is 2.38. The second kappa shape index (κ2) is 5.74. The molecule has 0 fully saturated rings. The fourth-order valence-electron chi connectivity index (χ4n) is 1.53. The molecule has 0 aliphatic carbocycles. The number of aromatic hydroxyl groups is 1. The van der Waals surface area contributed by atoms with E-state index in [-0.39, 0.29) is 22.0 Å². The van der Waals surface area contributed by atoms with Gasteiger partial charge in [-0.15, -0.1) is 0 Å². The molecule has 0 aliphatic heterocycles. The molecule has 0 saturated heterocycles. The van der Waals surface area contributed by atoms with Crippen LogP contribution in [-0.4, -0.2) is 42.2 Å². The maximum Gasteiger partial charge on any atom is 0.463 e. The number of halogens is 5. The van der Waals surface area contributed by atoms with E-state index in [1.165, 1.54) is 25.3 Å². The molecule has 1 aromatic rings. The number of nitrogens with zero attached hydrogens (tertiary/aromatic N) is 1. The molecule has 1 amide bonds. The van der Waals surface area contributed by atoms with Gasteiger partial charge in [0.2, 0.25) is 0 Å². The van der Waals surface area contributed by atoms with Crippen LogP contribution >= 0.6 is 0 Å². The van der Waals surface area contributed by atoms with Crippen LogP contribution in [0.25, 0.3) is 0 Å². The molecule has 9 heteroatoms. The summed E-state index contributed by atoms with van der Waals surface area (Å²) in [5, 5.41) is 9.34. The Balaban J connectivity index is 2.91. The summed E-state index contributed by atoms with van der Waals surface area (Å²) < 4.78 is 66.9. The van der Waals surface area contributed by atoms with Crippen molar-refractivity contribution in [3.05, 3.63) is 23.8 Å². The number of rotatable bonds is 4. The van der Waals surface area contributed by atoms with Gasteiger partial charge in [-0.05, 0) is 17.7 Å². The number of phenolic OH excluding ortho intramolecular Hbond substituents is 1. The second-order valence-electron chi connectivity index (χ2n) is 4.24. The first-order valence-corrected chi connectivity index (χ1v) is 5.56. The van der Waals surface area contributed by atoms with Gasteiger partial charge in [-0.3, -0.25) is 4.79 Å². The number of phenols is 1. The first-order chi connectivity index (χ1) is 9.50. The van der Waals surface area contributed by atoms with E-state index >= 15 is 0 Å². The van der Waals surface area contributed by atoms with Crippen LogP contribution in [0.15, 0.2) is 18.2 Å². The number of hydrogen-bond donors (Lipinski definition) is 1. The Hall–Kier alpha value is -2.06. The minimum atomic E-state index is -5.95. The Bertz CT molecular complexity index is 530. The SMILES string of the molecule is COc1cc(CN(C)C(=O)C(F)(F)C(F)(F)F)ccc1O. The minimum absolute atomic E-state index is 0.0101. The van der Waals surface area contributed by atoms with Crippen LogP contribution in [0.4, 0.5) is 22.0 Å². The Morgan fingerprint density at radius 3 is 2.33 bits per heavy atom. The molecular formula is C12H12F5NO3. The number of amides is 1. The number of ether oxygens (including phenoxy) is 1. The lowest BCUT2D eigenvalue weighted by Gasteiger charge is -2.25. The molecule has 0 heterocycles. The van der Waals surface area contributed by atoms with Crippen molar-refractivity contribution in [2.45, 2.75) is 18.6 Å². The third-order valence-corrected chi connectivity index (χ3v) is 2.64. The molecule has 1 rings (SSSR count). The van der Waals surface area contributed by atoms with Gasteiger partial charge in [0.05, 0.1) is 7.11 Å². The monoisotopic (exact) mass is 313 g/mol. The molecule has 0 bridgehead atoms. The zero-order chi connectivity index (χ0) is 16.4. The maximum absolute atomic E-state index is 12.9. The van der Waals surface area contributed by atoms with Crippen LogP contribution in [0, 0.1) is 0 Å². The molecule has 0 aromatic heterocycles. The Morgan fingerprint density at radius 2 is 1.86 bits per heavy atom. The van der Waals surface area contributed by atoms with E-state index in [1.54, 1.807) is 0 Å². The van der Waals surface area contributed by atoms with Crippen molar-refractivity contribution in [1.82, 2.24) is 4.90 Å². The predicted molar refractivity (Wildman–Crippen MR) is 62.1 cm³/mol. The van der Waals surface area contributed by atoms with Gasteiger partial charge >= 0.3 is 18.0 Å². The molecule has 1 aromatic carbocycles. The maximum atomic E-state index is 12.9. The standard InChI is InChI=1S/C12H12F5NO3/c1-18(10(20)11(13,14)12(15,16)17)6-7-3-4-8(19)9(5-7)21-2/h3-5,19H,6H2,1-2H3. The van der Waals surface area contributed by atoms with Crippen LogP contribution < -0.4 is 4.74 Å². The zero-order valence-corrected chi connectivity index (χ0v) is 11.0. The molecule has 1 N–H and O–H groups in total. The number of alkyl halides is 5. The molecule has 0 aliphatic rings. The van der Waals surface area contributed by atoms with Crippen molar-refractivity contribution in [3.63, 3.8) is 0 Å². The summed E-state index contributed by atoms with van der Waals surface area (Å²) in [5.41, 5.74) is 0.221. The third kappa shape index (κ3) is 3.53. The van der Waals surface area contributed by atoms with Gasteiger partial charge in [0.25, 0.3) is 0 Å². The van der Waals surface area contributed by atoms with E-state index in [2.05, 4.69) is 0 Å². The molecule has 0 saturated carbocycles. The number of benzene rings is 1. The minimum Gasteiger partial charge on any atom is -0.504 e. The van der Waals surface area contributed by atoms with E-state index in [4.69, 9.17) is 4.74 Å². The molecule has 0 spiro atoms. The summed E-state index contributed by atoms with van der Waals surface area (Å²) in [6, 6.07) is 3.67. The Labute approximate surface area is 116 Å². The first kappa shape index (κ1) is 17.0.